The Kier molecular flexibility index (Phi) is 7.91. The van der Waals surface area contributed by atoms with Gasteiger partial charge in [-0.3, -0.25) is 15.5 Å². The molecule has 2 aliphatic rings. The van der Waals surface area contributed by atoms with E-state index >= 15 is 0 Å². The quantitative estimate of drug-likeness (QED) is 0.188. The molecule has 2 aliphatic carbocycles. The van der Waals surface area contributed by atoms with E-state index in [1.54, 1.807) is 6.07 Å². The van der Waals surface area contributed by atoms with Gasteiger partial charge in [0.15, 0.2) is 28.9 Å². The third kappa shape index (κ3) is 5.88. The van der Waals surface area contributed by atoms with Gasteiger partial charge < -0.3 is 20.0 Å². The lowest BCUT2D eigenvalue weighted by Gasteiger charge is -2.32. The second-order valence-corrected chi connectivity index (χ2v) is 12.0. The number of amides is 1. The number of fused-ring (bicyclic) bond motifs is 1. The van der Waals surface area contributed by atoms with Crippen molar-refractivity contribution >= 4 is 28.9 Å². The molecule has 11 nitrogen and oxygen atoms in total. The highest BCUT2D eigenvalue weighted by atomic mass is 16.4. The topological polar surface area (TPSA) is 162 Å². The van der Waals surface area contributed by atoms with Crippen molar-refractivity contribution < 1.29 is 9.90 Å². The highest BCUT2D eigenvalue weighted by molar-refractivity contribution is 6.03. The Labute approximate surface area is 233 Å². The van der Waals surface area contributed by atoms with E-state index in [1.165, 1.54) is 19.3 Å². The second kappa shape index (κ2) is 11.4. The molecule has 0 unspecified atom stereocenters. The Morgan fingerprint density at radius 1 is 1.12 bits per heavy atom. The van der Waals surface area contributed by atoms with E-state index in [-0.39, 0.29) is 23.3 Å². The fourth-order valence-electron chi connectivity index (χ4n) is 5.86. The number of carbonyl (C=O) groups is 1. The van der Waals surface area contributed by atoms with Crippen LogP contribution in [0, 0.1) is 23.2 Å². The van der Waals surface area contributed by atoms with Crippen molar-refractivity contribution in [2.45, 2.75) is 91.1 Å². The number of imidazole rings is 1. The summed E-state index contributed by atoms with van der Waals surface area (Å²) in [4.78, 5) is 41.1. The number of H-pyrrole nitrogens is 1. The molecule has 214 valence electrons. The van der Waals surface area contributed by atoms with Gasteiger partial charge in [-0.2, -0.15) is 0 Å². The van der Waals surface area contributed by atoms with E-state index in [1.807, 2.05) is 19.9 Å². The molecule has 1 atom stereocenters. The molecule has 5 N–H and O–H groups in total. The molecule has 5 rings (SSSR count). The lowest BCUT2D eigenvalue weighted by atomic mass is 9.80. The second-order valence-electron chi connectivity index (χ2n) is 12.0. The fraction of sp³-hybridized carbons (Fsp3) is 0.586. The first-order valence-electron chi connectivity index (χ1n) is 14.5. The molecule has 3 aromatic heterocycles. The minimum Gasteiger partial charge on any atom is -0.465 e. The molecule has 40 heavy (non-hydrogen) atoms. The van der Waals surface area contributed by atoms with E-state index in [9.17, 15) is 14.7 Å². The molecule has 0 saturated heterocycles. The van der Waals surface area contributed by atoms with Gasteiger partial charge in [0.2, 0.25) is 5.56 Å². The summed E-state index contributed by atoms with van der Waals surface area (Å²) in [5.41, 5.74) is 2.40. The first-order chi connectivity index (χ1) is 19.1. The molecule has 1 amide bonds. The van der Waals surface area contributed by atoms with Crippen LogP contribution in [0.3, 0.4) is 0 Å². The predicted octanol–water partition coefficient (Wildman–Crippen LogP) is 5.32. The third-order valence-corrected chi connectivity index (χ3v) is 8.63. The number of nitrogens with zero attached hydrogens (tertiary/aromatic N) is 4. The number of rotatable bonds is 8. The lowest BCUT2D eigenvalue weighted by molar-refractivity contribution is 0.200. The number of nitrogens with one attached hydrogen (secondary N) is 4. The van der Waals surface area contributed by atoms with Crippen LogP contribution in [0.5, 0.6) is 0 Å². The van der Waals surface area contributed by atoms with Crippen molar-refractivity contribution in [3.8, 4) is 11.5 Å². The number of anilines is 1. The zero-order valence-electron chi connectivity index (χ0n) is 23.8. The summed E-state index contributed by atoms with van der Waals surface area (Å²) in [7, 11) is 0. The maximum atomic E-state index is 12.7. The zero-order chi connectivity index (χ0) is 28.6. The van der Waals surface area contributed by atoms with Crippen LogP contribution in [0.2, 0.25) is 0 Å². The molecule has 0 aromatic carbocycles. The summed E-state index contributed by atoms with van der Waals surface area (Å²) in [6, 6.07) is 3.72. The Bertz CT molecular complexity index is 1460. The molecular weight excluding hydrogens is 508 g/mol. The first kappa shape index (κ1) is 27.8. The van der Waals surface area contributed by atoms with Crippen molar-refractivity contribution in [1.82, 2.24) is 29.8 Å². The Hall–Kier alpha value is -3.76. The molecule has 2 saturated carbocycles. The van der Waals surface area contributed by atoms with Gasteiger partial charge in [0.25, 0.3) is 0 Å². The summed E-state index contributed by atoms with van der Waals surface area (Å²) >= 11 is 0. The van der Waals surface area contributed by atoms with Gasteiger partial charge in [0.1, 0.15) is 5.52 Å². The standard InChI is InChI=1S/C29H40N8O3/c1-15(2)20-12-21(32-22(38)13-20)28-36-26-23(37(28)14-18-10-8-16(3)9-11-18)25(31-17(4)19-6-5-7-19)34-27(35-26)24(30)33-29(39)40/h12-13,15-19H,5-11,14H2,1-4H3,(H2,30,33)(H,32,38)(H,39,40)(H,31,34,35)/t16-,17-,18-/m1/s1. The molecule has 0 bridgehead atoms. The summed E-state index contributed by atoms with van der Waals surface area (Å²) in [6.45, 7) is 9.23. The van der Waals surface area contributed by atoms with Gasteiger partial charge in [0.05, 0.1) is 5.69 Å². The summed E-state index contributed by atoms with van der Waals surface area (Å²) in [5, 5.41) is 23.1. The van der Waals surface area contributed by atoms with Gasteiger partial charge in [-0.25, -0.2) is 19.7 Å². The van der Waals surface area contributed by atoms with Crippen molar-refractivity contribution in [2.24, 2.45) is 17.8 Å². The minimum absolute atomic E-state index is 0.0506. The molecule has 2 fully saturated rings. The molecule has 0 spiro atoms. The number of aromatic nitrogens is 5. The SMILES string of the molecule is CC(C)c1cc(-c2nc3nc(C(=N)NC(=O)O)nc(N[C@H](C)C4CCC4)c3n2C[C@H]2CC[C@H](C)CC2)[nH]c(=O)c1. The van der Waals surface area contributed by atoms with Crippen LogP contribution < -0.4 is 16.2 Å². The average Bonchev–Trinajstić information content (AvgIpc) is 3.22. The molecule has 3 aromatic rings. The highest BCUT2D eigenvalue weighted by Crippen LogP contribution is 2.36. The zero-order valence-corrected chi connectivity index (χ0v) is 23.8. The van der Waals surface area contributed by atoms with Gasteiger partial charge in [-0.05, 0) is 67.9 Å². The predicted molar refractivity (Wildman–Crippen MR) is 155 cm³/mol. The monoisotopic (exact) mass is 548 g/mol. The number of carboxylic acid groups (broad SMARTS) is 1. The van der Waals surface area contributed by atoms with Crippen molar-refractivity contribution in [2.75, 3.05) is 5.32 Å². The third-order valence-electron chi connectivity index (χ3n) is 8.63. The smallest absolute Gasteiger partial charge is 0.410 e. The number of amidine groups is 1. The van der Waals surface area contributed by atoms with Crippen LogP contribution in [0.4, 0.5) is 10.6 Å². The molecule has 0 aliphatic heterocycles. The van der Waals surface area contributed by atoms with Gasteiger partial charge in [-0.1, -0.05) is 40.0 Å². The van der Waals surface area contributed by atoms with E-state index in [2.05, 4.69) is 44.0 Å². The average molecular weight is 549 g/mol. The van der Waals surface area contributed by atoms with E-state index < -0.39 is 11.9 Å². The summed E-state index contributed by atoms with van der Waals surface area (Å²) < 4.78 is 2.12. The van der Waals surface area contributed by atoms with Crippen LogP contribution in [0.15, 0.2) is 16.9 Å². The normalized spacial score (nSPS) is 20.3. The van der Waals surface area contributed by atoms with Crippen LogP contribution in [-0.4, -0.2) is 47.6 Å². The maximum absolute atomic E-state index is 12.7. The highest BCUT2D eigenvalue weighted by Gasteiger charge is 2.29. The van der Waals surface area contributed by atoms with Gasteiger partial charge in [-0.15, -0.1) is 0 Å². The maximum Gasteiger partial charge on any atom is 0.410 e. The van der Waals surface area contributed by atoms with Crippen molar-refractivity contribution in [3.63, 3.8) is 0 Å². The molecule has 0 radical (unpaired) electrons. The van der Waals surface area contributed by atoms with Crippen molar-refractivity contribution in [3.05, 3.63) is 33.9 Å². The lowest BCUT2D eigenvalue weighted by Crippen LogP contribution is -2.33. The van der Waals surface area contributed by atoms with E-state index in [0.717, 1.165) is 31.2 Å². The van der Waals surface area contributed by atoms with Gasteiger partial charge >= 0.3 is 6.09 Å². The molecular formula is C29H40N8O3. The van der Waals surface area contributed by atoms with Crippen molar-refractivity contribution in [1.29, 1.82) is 5.41 Å². The molecule has 11 heteroatoms. The van der Waals surface area contributed by atoms with Crippen LogP contribution in [0.25, 0.3) is 22.7 Å². The first-order valence-corrected chi connectivity index (χ1v) is 14.5. The number of hydrogen-bond donors (Lipinski definition) is 5. The number of hydrogen-bond acceptors (Lipinski definition) is 7. The minimum atomic E-state index is -1.35. The summed E-state index contributed by atoms with van der Waals surface area (Å²) in [5.74, 6) is 2.49. The van der Waals surface area contributed by atoms with Crippen LogP contribution in [0.1, 0.15) is 89.9 Å². The Balaban J connectivity index is 1.69. The van der Waals surface area contributed by atoms with E-state index in [0.29, 0.717) is 52.8 Å². The van der Waals surface area contributed by atoms with Crippen LogP contribution in [-0.2, 0) is 6.54 Å². The number of pyridine rings is 1. The molecule has 3 heterocycles. The fourth-order valence-corrected chi connectivity index (χ4v) is 5.86. The Morgan fingerprint density at radius 3 is 2.48 bits per heavy atom. The van der Waals surface area contributed by atoms with E-state index in [4.69, 9.17) is 10.4 Å². The number of aromatic amines is 1. The largest absolute Gasteiger partial charge is 0.465 e. The van der Waals surface area contributed by atoms with Gasteiger partial charge in [0, 0.05) is 18.7 Å². The summed E-state index contributed by atoms with van der Waals surface area (Å²) in [6.07, 6.45) is 6.69. The van der Waals surface area contributed by atoms with Crippen LogP contribution >= 0.6 is 0 Å². The Morgan fingerprint density at radius 2 is 1.85 bits per heavy atom.